The molecule has 0 heterocycles. The lowest BCUT2D eigenvalue weighted by Gasteiger charge is -2.18. The molecule has 0 bridgehead atoms. The fourth-order valence-electron chi connectivity index (χ4n) is 8.88. The Bertz CT molecular complexity index is 1760. The molecule has 0 aliphatic rings. The maximum absolute atomic E-state index is 12.9. The quantitative estimate of drug-likeness (QED) is 0.0261. The van der Waals surface area contributed by atoms with Gasteiger partial charge in [0.1, 0.15) is 13.2 Å². The highest BCUT2D eigenvalue weighted by Crippen LogP contribution is 2.15. The zero-order valence-electron chi connectivity index (χ0n) is 52.5. The minimum atomic E-state index is -0.801. The average molecular weight is 1120 g/mol. The summed E-state index contributed by atoms with van der Waals surface area (Å²) < 4.78 is 16.9. The van der Waals surface area contributed by atoms with Crippen LogP contribution in [0.3, 0.4) is 0 Å². The molecular weight excluding hydrogens is 997 g/mol. The van der Waals surface area contributed by atoms with Gasteiger partial charge in [0.2, 0.25) is 0 Å². The van der Waals surface area contributed by atoms with Crippen molar-refractivity contribution in [2.24, 2.45) is 0 Å². The van der Waals surface area contributed by atoms with Crippen LogP contribution in [0.2, 0.25) is 0 Å². The number of allylic oxidation sites excluding steroid dienone is 24. The van der Waals surface area contributed by atoms with Gasteiger partial charge >= 0.3 is 17.9 Å². The van der Waals surface area contributed by atoms with Crippen LogP contribution in [0.5, 0.6) is 0 Å². The zero-order chi connectivity index (χ0) is 58.5. The van der Waals surface area contributed by atoms with E-state index in [1.54, 1.807) is 0 Å². The van der Waals surface area contributed by atoms with Crippen LogP contribution in [0.1, 0.15) is 290 Å². The number of esters is 3. The summed E-state index contributed by atoms with van der Waals surface area (Å²) in [5, 5.41) is 0. The molecule has 0 spiro atoms. The fraction of sp³-hybridized carbons (Fsp3) is 0.640. The minimum Gasteiger partial charge on any atom is -0.462 e. The van der Waals surface area contributed by atoms with Crippen molar-refractivity contribution in [2.75, 3.05) is 13.2 Å². The van der Waals surface area contributed by atoms with Crippen molar-refractivity contribution >= 4 is 17.9 Å². The molecule has 0 aliphatic heterocycles. The van der Waals surface area contributed by atoms with Crippen molar-refractivity contribution in [1.29, 1.82) is 0 Å². The van der Waals surface area contributed by atoms with Gasteiger partial charge in [-0.15, -0.1) is 0 Å². The predicted octanol–water partition coefficient (Wildman–Crippen LogP) is 23.1. The summed E-state index contributed by atoms with van der Waals surface area (Å²) in [6, 6.07) is 0. The molecule has 0 amide bonds. The van der Waals surface area contributed by atoms with Crippen LogP contribution in [-0.2, 0) is 28.6 Å². The van der Waals surface area contributed by atoms with E-state index >= 15 is 0 Å². The largest absolute Gasteiger partial charge is 0.462 e. The number of unbranched alkanes of at least 4 members (excludes halogenated alkanes) is 24. The van der Waals surface area contributed by atoms with Gasteiger partial charge in [0, 0.05) is 19.3 Å². The van der Waals surface area contributed by atoms with E-state index in [0.717, 1.165) is 161 Å². The summed E-state index contributed by atoms with van der Waals surface area (Å²) in [6.45, 7) is 6.38. The summed E-state index contributed by atoms with van der Waals surface area (Å²) in [5.41, 5.74) is 0. The SMILES string of the molecule is CC/C=C\C/C=C\C/C=C\C/C=C\C/C=C\C/C=C\CCCCCCCCCCCCC(=O)OCC(COC(=O)CCCCCCC/C=C\CCCCCC)OC(=O)CCCCCCC/C=C\C/C=C\C/C=C\C/C=C\C/C=C\CC. The van der Waals surface area contributed by atoms with Crippen molar-refractivity contribution in [3.05, 3.63) is 146 Å². The Hall–Kier alpha value is -4.71. The highest BCUT2D eigenvalue weighted by Gasteiger charge is 2.19. The number of ether oxygens (including phenoxy) is 3. The van der Waals surface area contributed by atoms with Crippen LogP contribution in [0.15, 0.2) is 146 Å². The van der Waals surface area contributed by atoms with Crippen molar-refractivity contribution in [1.82, 2.24) is 0 Å². The van der Waals surface area contributed by atoms with E-state index in [2.05, 4.69) is 167 Å². The van der Waals surface area contributed by atoms with Crippen LogP contribution < -0.4 is 0 Å². The maximum Gasteiger partial charge on any atom is 0.306 e. The van der Waals surface area contributed by atoms with E-state index < -0.39 is 6.10 Å². The number of carbonyl (C=O) groups excluding carboxylic acids is 3. The zero-order valence-corrected chi connectivity index (χ0v) is 52.5. The lowest BCUT2D eigenvalue weighted by atomic mass is 10.1. The number of rotatable bonds is 59. The first-order valence-electron chi connectivity index (χ1n) is 33.3. The molecule has 6 heteroatoms. The molecule has 0 rings (SSSR count). The van der Waals surface area contributed by atoms with Crippen LogP contribution in [0, 0.1) is 0 Å². The molecule has 0 aromatic rings. The Morgan fingerprint density at radius 2 is 0.481 bits per heavy atom. The van der Waals surface area contributed by atoms with Gasteiger partial charge in [0.15, 0.2) is 6.10 Å². The minimum absolute atomic E-state index is 0.0950. The average Bonchev–Trinajstić information content (AvgIpc) is 3.46. The summed E-state index contributed by atoms with van der Waals surface area (Å²) >= 11 is 0. The first-order valence-corrected chi connectivity index (χ1v) is 33.3. The summed E-state index contributed by atoms with van der Waals surface area (Å²) in [6.07, 6.45) is 97.1. The standard InChI is InChI=1S/C75H122O6/c1-4-7-10-13-16-19-22-25-27-29-31-33-34-35-36-37-38-39-40-42-43-45-47-50-53-56-59-62-65-68-74(77)80-71-72(70-79-73(76)67-64-61-58-55-52-49-24-21-18-15-12-9-6-3)81-75(78)69-66-63-60-57-54-51-48-46-44-41-32-30-28-26-23-20-17-14-11-8-5-2/h7-8,10-11,16-17,19-21,24-28,31-33,35-36,38-39,41,46,48,72H,4-6,9,12-15,18,22-23,29-30,34,37,40,42-45,47,49-71H2,1-3H3/b10-7-,11-8-,19-16-,20-17-,24-21-,27-25-,28-26-,33-31-,36-35-,39-38-,41-32-,48-46-. The van der Waals surface area contributed by atoms with E-state index in [4.69, 9.17) is 14.2 Å². The summed E-state index contributed by atoms with van der Waals surface area (Å²) in [5.74, 6) is -0.925. The van der Waals surface area contributed by atoms with Gasteiger partial charge in [-0.1, -0.05) is 276 Å². The third-order valence-corrected chi connectivity index (χ3v) is 13.8. The highest BCUT2D eigenvalue weighted by atomic mass is 16.6. The third kappa shape index (κ3) is 66.0. The molecule has 0 fully saturated rings. The highest BCUT2D eigenvalue weighted by molar-refractivity contribution is 5.71. The van der Waals surface area contributed by atoms with Crippen LogP contribution in [0.25, 0.3) is 0 Å². The smallest absolute Gasteiger partial charge is 0.306 e. The number of hydrogen-bond acceptors (Lipinski definition) is 6. The lowest BCUT2D eigenvalue weighted by Crippen LogP contribution is -2.30. The van der Waals surface area contributed by atoms with Crippen LogP contribution in [-0.4, -0.2) is 37.2 Å². The Balaban J connectivity index is 4.36. The van der Waals surface area contributed by atoms with Crippen LogP contribution >= 0.6 is 0 Å². The maximum atomic E-state index is 12.9. The van der Waals surface area contributed by atoms with Crippen molar-refractivity contribution in [2.45, 2.75) is 297 Å². The third-order valence-electron chi connectivity index (χ3n) is 13.8. The molecular formula is C75H122O6. The van der Waals surface area contributed by atoms with Gasteiger partial charge < -0.3 is 14.2 Å². The van der Waals surface area contributed by atoms with Crippen LogP contribution in [0.4, 0.5) is 0 Å². The number of carbonyl (C=O) groups is 3. The molecule has 0 N–H and O–H groups in total. The van der Waals surface area contributed by atoms with Gasteiger partial charge in [-0.2, -0.15) is 0 Å². The van der Waals surface area contributed by atoms with Crippen molar-refractivity contribution in [3.63, 3.8) is 0 Å². The summed E-state index contributed by atoms with van der Waals surface area (Å²) in [4.78, 5) is 38.4. The number of hydrogen-bond donors (Lipinski definition) is 0. The predicted molar refractivity (Wildman–Crippen MR) is 352 cm³/mol. The normalized spacial score (nSPS) is 13.1. The molecule has 0 radical (unpaired) electrons. The van der Waals surface area contributed by atoms with Crippen molar-refractivity contribution < 1.29 is 28.6 Å². The molecule has 0 aromatic carbocycles. The first kappa shape index (κ1) is 76.3. The first-order chi connectivity index (χ1) is 40.0. The van der Waals surface area contributed by atoms with E-state index in [9.17, 15) is 14.4 Å². The van der Waals surface area contributed by atoms with E-state index in [0.29, 0.717) is 19.3 Å². The Morgan fingerprint density at radius 1 is 0.259 bits per heavy atom. The second-order valence-electron chi connectivity index (χ2n) is 21.6. The fourth-order valence-corrected chi connectivity index (χ4v) is 8.88. The lowest BCUT2D eigenvalue weighted by molar-refractivity contribution is -0.167. The molecule has 1 atom stereocenters. The Kier molecular flexibility index (Phi) is 63.9. The van der Waals surface area contributed by atoms with Gasteiger partial charge in [0.25, 0.3) is 0 Å². The van der Waals surface area contributed by atoms with Gasteiger partial charge in [-0.25, -0.2) is 0 Å². The van der Waals surface area contributed by atoms with Gasteiger partial charge in [-0.05, 0) is 141 Å². The molecule has 81 heavy (non-hydrogen) atoms. The monoisotopic (exact) mass is 1120 g/mol. The Labute approximate surface area is 499 Å². The second kappa shape index (κ2) is 67.8. The second-order valence-corrected chi connectivity index (χ2v) is 21.6. The van der Waals surface area contributed by atoms with E-state index in [1.165, 1.54) is 89.9 Å². The topological polar surface area (TPSA) is 78.9 Å². The van der Waals surface area contributed by atoms with Gasteiger partial charge in [-0.3, -0.25) is 14.4 Å². The molecule has 0 aromatic heterocycles. The molecule has 0 saturated carbocycles. The van der Waals surface area contributed by atoms with E-state index in [1.807, 2.05) is 0 Å². The molecule has 6 nitrogen and oxygen atoms in total. The molecule has 1 unspecified atom stereocenters. The summed E-state index contributed by atoms with van der Waals surface area (Å²) in [7, 11) is 0. The van der Waals surface area contributed by atoms with E-state index in [-0.39, 0.29) is 31.1 Å². The molecule has 458 valence electrons. The molecule has 0 saturated heterocycles. The molecule has 0 aliphatic carbocycles. The Morgan fingerprint density at radius 3 is 0.765 bits per heavy atom. The van der Waals surface area contributed by atoms with Crippen molar-refractivity contribution in [3.8, 4) is 0 Å². The van der Waals surface area contributed by atoms with Gasteiger partial charge in [0.05, 0.1) is 0 Å².